The fourth-order valence-electron chi connectivity index (χ4n) is 3.23. The second-order valence-corrected chi connectivity index (χ2v) is 6.87. The Labute approximate surface area is 155 Å². The van der Waals surface area contributed by atoms with E-state index >= 15 is 0 Å². The smallest absolute Gasteiger partial charge is 0.308 e. The van der Waals surface area contributed by atoms with Crippen LogP contribution in [0.2, 0.25) is 5.02 Å². The molecule has 2 heterocycles. The third kappa shape index (κ3) is 4.04. The van der Waals surface area contributed by atoms with Gasteiger partial charge in [0.25, 0.3) is 0 Å². The Hall–Kier alpha value is -2.41. The van der Waals surface area contributed by atoms with E-state index in [2.05, 4.69) is 10.1 Å². The van der Waals surface area contributed by atoms with Gasteiger partial charge in [-0.2, -0.15) is 4.98 Å². The second kappa shape index (κ2) is 7.86. The van der Waals surface area contributed by atoms with Gasteiger partial charge < -0.3 is 14.5 Å². The summed E-state index contributed by atoms with van der Waals surface area (Å²) in [6.07, 6.45) is 1.91. The lowest BCUT2D eigenvalue weighted by atomic mass is 10.0. The fraction of sp³-hybridized carbons (Fsp3) is 0.444. The quantitative estimate of drug-likeness (QED) is 0.831. The van der Waals surface area contributed by atoms with Gasteiger partial charge in [-0.3, -0.25) is 9.59 Å². The van der Waals surface area contributed by atoms with Crippen LogP contribution in [0.1, 0.15) is 32.1 Å². The Bertz CT molecular complexity index is 790. The van der Waals surface area contributed by atoms with Crippen LogP contribution in [0.3, 0.4) is 0 Å². The summed E-state index contributed by atoms with van der Waals surface area (Å²) < 4.78 is 5.23. The number of carboxylic acid groups (broad SMARTS) is 1. The minimum Gasteiger partial charge on any atom is -0.481 e. The van der Waals surface area contributed by atoms with Crippen LogP contribution in [0, 0.1) is 5.92 Å². The molecular weight excluding hydrogens is 358 g/mol. The number of aromatic nitrogens is 2. The summed E-state index contributed by atoms with van der Waals surface area (Å²) in [5, 5.41) is 13.7. The first-order chi connectivity index (χ1) is 12.5. The number of benzene rings is 1. The van der Waals surface area contributed by atoms with E-state index in [0.29, 0.717) is 49.0 Å². The van der Waals surface area contributed by atoms with Crippen molar-refractivity contribution in [2.24, 2.45) is 5.92 Å². The van der Waals surface area contributed by atoms with Gasteiger partial charge in [0.05, 0.1) is 5.92 Å². The van der Waals surface area contributed by atoms with E-state index in [1.165, 1.54) is 0 Å². The van der Waals surface area contributed by atoms with Gasteiger partial charge in [0, 0.05) is 36.0 Å². The predicted octanol–water partition coefficient (Wildman–Crippen LogP) is 3.03. The molecule has 0 spiro atoms. The summed E-state index contributed by atoms with van der Waals surface area (Å²) in [5.41, 5.74) is 0.811. The molecule has 26 heavy (non-hydrogen) atoms. The molecule has 1 aliphatic heterocycles. The Kier molecular flexibility index (Phi) is 5.56. The molecule has 1 aromatic heterocycles. The van der Waals surface area contributed by atoms with Gasteiger partial charge in [0.1, 0.15) is 0 Å². The van der Waals surface area contributed by atoms with Gasteiger partial charge in [0.15, 0.2) is 0 Å². The van der Waals surface area contributed by atoms with Crippen LogP contribution in [-0.2, 0) is 16.0 Å². The lowest BCUT2D eigenvalue weighted by Crippen LogP contribution is -2.37. The third-order valence-electron chi connectivity index (χ3n) is 4.74. The molecule has 1 fully saturated rings. The normalized spacial score (nSPS) is 19.7. The SMILES string of the molecule is CC1C(C(=O)O)CCN1C(=O)CCCc1nc(-c2ccc(Cl)cc2)no1. The number of nitrogens with zero attached hydrogens (tertiary/aromatic N) is 3. The molecule has 1 saturated heterocycles. The van der Waals surface area contributed by atoms with Gasteiger partial charge in [-0.15, -0.1) is 0 Å². The maximum absolute atomic E-state index is 12.3. The molecule has 1 N–H and O–H groups in total. The highest BCUT2D eigenvalue weighted by atomic mass is 35.5. The van der Waals surface area contributed by atoms with Crippen molar-refractivity contribution in [1.82, 2.24) is 15.0 Å². The molecule has 8 heteroatoms. The van der Waals surface area contributed by atoms with Crippen LogP contribution in [0.4, 0.5) is 0 Å². The predicted molar refractivity (Wildman–Crippen MR) is 94.6 cm³/mol. The maximum Gasteiger partial charge on any atom is 0.308 e. The van der Waals surface area contributed by atoms with E-state index in [4.69, 9.17) is 21.2 Å². The maximum atomic E-state index is 12.3. The molecule has 0 aliphatic carbocycles. The summed E-state index contributed by atoms with van der Waals surface area (Å²) in [4.78, 5) is 29.5. The summed E-state index contributed by atoms with van der Waals surface area (Å²) in [6.45, 7) is 2.29. The number of hydrogen-bond donors (Lipinski definition) is 1. The Morgan fingerprint density at radius 3 is 2.73 bits per heavy atom. The highest BCUT2D eigenvalue weighted by Crippen LogP contribution is 2.25. The number of amides is 1. The first-order valence-electron chi connectivity index (χ1n) is 8.56. The molecule has 2 aromatic rings. The molecular formula is C18H20ClN3O4. The summed E-state index contributed by atoms with van der Waals surface area (Å²) in [5.74, 6) is -0.384. The standard InChI is InChI=1S/C18H20ClN3O4/c1-11-14(18(24)25)9-10-22(11)16(23)4-2-3-15-20-17(21-26-15)12-5-7-13(19)8-6-12/h5-8,11,14H,2-4,9-10H2,1H3,(H,24,25). The number of aryl methyl sites for hydroxylation is 1. The first-order valence-corrected chi connectivity index (χ1v) is 8.94. The van der Waals surface area contributed by atoms with Crippen molar-refractivity contribution in [2.75, 3.05) is 6.54 Å². The number of hydrogen-bond acceptors (Lipinski definition) is 5. The van der Waals surface area contributed by atoms with Crippen LogP contribution in [0.5, 0.6) is 0 Å². The summed E-state index contributed by atoms with van der Waals surface area (Å²) >= 11 is 5.86. The monoisotopic (exact) mass is 377 g/mol. The Morgan fingerprint density at radius 1 is 1.35 bits per heavy atom. The van der Waals surface area contributed by atoms with Crippen molar-refractivity contribution in [2.45, 2.75) is 38.6 Å². The number of aliphatic carboxylic acids is 1. The van der Waals surface area contributed by atoms with Crippen LogP contribution in [0.15, 0.2) is 28.8 Å². The number of carbonyl (C=O) groups is 2. The number of halogens is 1. The van der Waals surface area contributed by atoms with Crippen molar-refractivity contribution in [1.29, 1.82) is 0 Å². The van der Waals surface area contributed by atoms with Crippen LogP contribution >= 0.6 is 11.6 Å². The molecule has 1 aliphatic rings. The van der Waals surface area contributed by atoms with E-state index in [-0.39, 0.29) is 11.9 Å². The number of rotatable bonds is 6. The van der Waals surface area contributed by atoms with Crippen LogP contribution in [0.25, 0.3) is 11.4 Å². The zero-order chi connectivity index (χ0) is 18.7. The molecule has 138 valence electrons. The molecule has 3 rings (SSSR count). The van der Waals surface area contributed by atoms with Crippen molar-refractivity contribution < 1.29 is 19.2 Å². The lowest BCUT2D eigenvalue weighted by Gasteiger charge is -2.23. The average Bonchev–Trinajstić information content (AvgIpc) is 3.22. The van der Waals surface area contributed by atoms with E-state index in [0.717, 1.165) is 5.56 Å². The third-order valence-corrected chi connectivity index (χ3v) is 5.00. The first kappa shape index (κ1) is 18.4. The van der Waals surface area contributed by atoms with E-state index < -0.39 is 11.9 Å². The van der Waals surface area contributed by atoms with Gasteiger partial charge in [-0.05, 0) is 44.0 Å². The largest absolute Gasteiger partial charge is 0.481 e. The molecule has 0 radical (unpaired) electrons. The minimum absolute atomic E-state index is 0.0290. The fourth-order valence-corrected chi connectivity index (χ4v) is 3.35. The lowest BCUT2D eigenvalue weighted by molar-refractivity contribution is -0.143. The van der Waals surface area contributed by atoms with Crippen molar-refractivity contribution in [3.05, 3.63) is 35.2 Å². The van der Waals surface area contributed by atoms with E-state index in [1.54, 1.807) is 24.0 Å². The van der Waals surface area contributed by atoms with Crippen LogP contribution < -0.4 is 0 Å². The molecule has 0 saturated carbocycles. The molecule has 2 atom stereocenters. The second-order valence-electron chi connectivity index (χ2n) is 6.43. The number of likely N-dealkylation sites (tertiary alicyclic amines) is 1. The van der Waals surface area contributed by atoms with Gasteiger partial charge >= 0.3 is 5.97 Å². The van der Waals surface area contributed by atoms with Crippen molar-refractivity contribution in [3.8, 4) is 11.4 Å². The highest BCUT2D eigenvalue weighted by Gasteiger charge is 2.37. The van der Waals surface area contributed by atoms with Crippen molar-refractivity contribution in [3.63, 3.8) is 0 Å². The van der Waals surface area contributed by atoms with Crippen molar-refractivity contribution >= 4 is 23.5 Å². The average molecular weight is 378 g/mol. The topological polar surface area (TPSA) is 96.5 Å². The summed E-state index contributed by atoms with van der Waals surface area (Å²) in [7, 11) is 0. The zero-order valence-corrected chi connectivity index (χ0v) is 15.1. The summed E-state index contributed by atoms with van der Waals surface area (Å²) in [6, 6.07) is 6.88. The van der Waals surface area contributed by atoms with E-state index in [1.807, 2.05) is 12.1 Å². The van der Waals surface area contributed by atoms with E-state index in [9.17, 15) is 9.59 Å². The number of carboxylic acids is 1. The molecule has 2 unspecified atom stereocenters. The zero-order valence-electron chi connectivity index (χ0n) is 14.4. The van der Waals surface area contributed by atoms with Gasteiger partial charge in [-0.25, -0.2) is 0 Å². The van der Waals surface area contributed by atoms with Gasteiger partial charge in [0.2, 0.25) is 17.6 Å². The highest BCUT2D eigenvalue weighted by molar-refractivity contribution is 6.30. The molecule has 1 aromatic carbocycles. The number of carbonyl (C=O) groups excluding carboxylic acids is 1. The van der Waals surface area contributed by atoms with Gasteiger partial charge in [-0.1, -0.05) is 16.8 Å². The Morgan fingerprint density at radius 2 is 2.08 bits per heavy atom. The minimum atomic E-state index is -0.839. The molecule has 1 amide bonds. The Balaban J connectivity index is 1.50. The molecule has 7 nitrogen and oxygen atoms in total. The molecule has 0 bridgehead atoms. The van der Waals surface area contributed by atoms with Crippen LogP contribution in [-0.4, -0.2) is 44.6 Å².